The van der Waals surface area contributed by atoms with Crippen LogP contribution in [-0.2, 0) is 17.8 Å². The van der Waals surface area contributed by atoms with E-state index in [4.69, 9.17) is 0 Å². The number of alkyl halides is 6. The number of allylic oxidation sites excluding steroid dienone is 2. The Morgan fingerprint density at radius 3 is 2.10 bits per heavy atom. The van der Waals surface area contributed by atoms with E-state index in [1.54, 1.807) is 6.08 Å². The van der Waals surface area contributed by atoms with Crippen molar-refractivity contribution in [2.75, 3.05) is 11.9 Å². The van der Waals surface area contributed by atoms with Gasteiger partial charge in [0, 0.05) is 30.1 Å². The lowest BCUT2D eigenvalue weighted by molar-refractivity contribution is -0.162. The van der Waals surface area contributed by atoms with Crippen LogP contribution in [0.5, 0.6) is 0 Å². The fraction of sp³-hybridized carbons (Fsp3) is 0.286. The Bertz CT molecular complexity index is 983. The first kappa shape index (κ1) is 21.0. The largest absolute Gasteiger partial charge is 0.417 e. The molecule has 0 amide bonds. The zero-order valence-corrected chi connectivity index (χ0v) is 15.9. The second kappa shape index (κ2) is 6.93. The van der Waals surface area contributed by atoms with Gasteiger partial charge in [0.05, 0.1) is 16.8 Å². The smallest absolute Gasteiger partial charge is 0.347 e. The minimum Gasteiger partial charge on any atom is -0.347 e. The number of hydrogen-bond acceptors (Lipinski definition) is 2. The maximum Gasteiger partial charge on any atom is 0.417 e. The van der Waals surface area contributed by atoms with E-state index >= 15 is 0 Å². The van der Waals surface area contributed by atoms with E-state index in [0.29, 0.717) is 12.1 Å². The van der Waals surface area contributed by atoms with Gasteiger partial charge in [-0.1, -0.05) is 32.0 Å². The number of rotatable bonds is 2. The summed E-state index contributed by atoms with van der Waals surface area (Å²) in [5, 5.41) is 0. The number of nitrogens with zero attached hydrogens (tertiary/aromatic N) is 2. The normalized spacial score (nSPS) is 18.0. The number of para-hydroxylation sites is 1. The van der Waals surface area contributed by atoms with Crippen LogP contribution in [0, 0.1) is 0 Å². The summed E-state index contributed by atoms with van der Waals surface area (Å²) in [5.41, 5.74) is -1.08. The van der Waals surface area contributed by atoms with E-state index < -0.39 is 23.5 Å². The highest BCUT2D eigenvalue weighted by atomic mass is 19.4. The predicted octanol–water partition coefficient (Wildman–Crippen LogP) is 6.74. The van der Waals surface area contributed by atoms with E-state index in [0.717, 1.165) is 23.0 Å². The number of likely N-dealkylation sites (N-methyl/N-ethyl adjacent to an activating group) is 1. The molecule has 8 heteroatoms. The molecule has 0 atom stereocenters. The maximum absolute atomic E-state index is 13.1. The summed E-state index contributed by atoms with van der Waals surface area (Å²) in [5.74, 6) is 0. The molecular weight excluding hydrogens is 394 g/mol. The topological polar surface area (TPSA) is 15.6 Å². The Labute approximate surface area is 164 Å². The van der Waals surface area contributed by atoms with Crippen molar-refractivity contribution in [2.24, 2.45) is 4.99 Å². The quantitative estimate of drug-likeness (QED) is 0.394. The van der Waals surface area contributed by atoms with Gasteiger partial charge in [0.25, 0.3) is 0 Å². The molecule has 0 spiro atoms. The maximum atomic E-state index is 13.1. The second-order valence-corrected chi connectivity index (χ2v) is 7.26. The number of benzene rings is 2. The summed E-state index contributed by atoms with van der Waals surface area (Å²) in [6, 6.07) is 9.52. The molecule has 0 fully saturated rings. The standard InChI is InChI=1S/C21H18F6N2/c1-19(2)15-6-4-5-7-17(15)29(3)18(19)10-11-28-13-8-9-14(20(22,23)24)16(12-13)21(25,26)27/h4-12H,1-3H3. The average molecular weight is 412 g/mol. The van der Waals surface area contributed by atoms with Crippen LogP contribution in [0.4, 0.5) is 37.7 Å². The zero-order valence-electron chi connectivity index (χ0n) is 15.9. The Morgan fingerprint density at radius 2 is 1.52 bits per heavy atom. The summed E-state index contributed by atoms with van der Waals surface area (Å²) in [4.78, 5) is 5.89. The number of anilines is 1. The van der Waals surface area contributed by atoms with Crippen molar-refractivity contribution >= 4 is 17.6 Å². The van der Waals surface area contributed by atoms with Gasteiger partial charge in [-0.15, -0.1) is 0 Å². The number of fused-ring (bicyclic) bond motifs is 1. The third-order valence-electron chi connectivity index (χ3n) is 5.01. The zero-order chi connectivity index (χ0) is 21.6. The molecule has 2 nitrogen and oxygen atoms in total. The van der Waals surface area contributed by atoms with Crippen LogP contribution >= 0.6 is 0 Å². The van der Waals surface area contributed by atoms with Crippen LogP contribution in [0.2, 0.25) is 0 Å². The van der Waals surface area contributed by atoms with Crippen molar-refractivity contribution in [2.45, 2.75) is 31.6 Å². The molecule has 2 aromatic rings. The van der Waals surface area contributed by atoms with Crippen LogP contribution in [-0.4, -0.2) is 13.3 Å². The molecule has 3 rings (SSSR count). The molecule has 0 saturated carbocycles. The molecule has 0 unspecified atom stereocenters. The van der Waals surface area contributed by atoms with Crippen molar-refractivity contribution in [3.05, 3.63) is 70.9 Å². The molecule has 2 aromatic carbocycles. The van der Waals surface area contributed by atoms with Gasteiger partial charge in [0.15, 0.2) is 0 Å². The van der Waals surface area contributed by atoms with Crippen molar-refractivity contribution in [1.82, 2.24) is 0 Å². The lowest BCUT2D eigenvalue weighted by Crippen LogP contribution is -2.23. The summed E-state index contributed by atoms with van der Waals surface area (Å²) >= 11 is 0. The summed E-state index contributed by atoms with van der Waals surface area (Å²) in [7, 11) is 1.87. The highest BCUT2D eigenvalue weighted by molar-refractivity contribution is 5.81. The van der Waals surface area contributed by atoms with Gasteiger partial charge in [0.2, 0.25) is 0 Å². The molecule has 0 saturated heterocycles. The molecule has 1 aliphatic heterocycles. The monoisotopic (exact) mass is 412 g/mol. The van der Waals surface area contributed by atoms with E-state index in [1.165, 1.54) is 6.21 Å². The Hall–Kier alpha value is -2.77. The fourth-order valence-electron chi connectivity index (χ4n) is 3.59. The van der Waals surface area contributed by atoms with Crippen molar-refractivity contribution in [3.63, 3.8) is 0 Å². The Balaban J connectivity index is 1.95. The van der Waals surface area contributed by atoms with Crippen LogP contribution in [0.1, 0.15) is 30.5 Å². The molecule has 0 aliphatic carbocycles. The van der Waals surface area contributed by atoms with Gasteiger partial charge >= 0.3 is 12.4 Å². The van der Waals surface area contributed by atoms with Crippen LogP contribution in [0.3, 0.4) is 0 Å². The van der Waals surface area contributed by atoms with Crippen LogP contribution < -0.4 is 4.90 Å². The molecule has 0 radical (unpaired) electrons. The number of aliphatic imine (C=N–C) groups is 1. The molecule has 29 heavy (non-hydrogen) atoms. The van der Waals surface area contributed by atoms with E-state index in [1.807, 2.05) is 50.1 Å². The van der Waals surface area contributed by atoms with Gasteiger partial charge in [-0.3, -0.25) is 4.99 Å². The van der Waals surface area contributed by atoms with Crippen molar-refractivity contribution in [3.8, 4) is 0 Å². The molecular formula is C21H18F6N2. The van der Waals surface area contributed by atoms with E-state index in [-0.39, 0.29) is 11.1 Å². The fourth-order valence-corrected chi connectivity index (χ4v) is 3.59. The lowest BCUT2D eigenvalue weighted by atomic mass is 9.84. The summed E-state index contributed by atoms with van der Waals surface area (Å²) < 4.78 is 77.8. The predicted molar refractivity (Wildman–Crippen MR) is 101 cm³/mol. The van der Waals surface area contributed by atoms with Gasteiger partial charge < -0.3 is 4.90 Å². The van der Waals surface area contributed by atoms with E-state index in [9.17, 15) is 26.3 Å². The first-order valence-electron chi connectivity index (χ1n) is 8.70. The molecule has 154 valence electrons. The van der Waals surface area contributed by atoms with Gasteiger partial charge in [-0.05, 0) is 35.9 Å². The van der Waals surface area contributed by atoms with Crippen molar-refractivity contribution in [1.29, 1.82) is 0 Å². The molecule has 0 bridgehead atoms. The molecule has 0 N–H and O–H groups in total. The Kier molecular flexibility index (Phi) is 5.01. The first-order valence-corrected chi connectivity index (χ1v) is 8.70. The lowest BCUT2D eigenvalue weighted by Gasteiger charge is -2.23. The van der Waals surface area contributed by atoms with Crippen molar-refractivity contribution < 1.29 is 26.3 Å². The van der Waals surface area contributed by atoms with Gasteiger partial charge in [0.1, 0.15) is 0 Å². The first-order chi connectivity index (χ1) is 13.3. The Morgan fingerprint density at radius 1 is 0.897 bits per heavy atom. The second-order valence-electron chi connectivity index (χ2n) is 7.26. The van der Waals surface area contributed by atoms with Crippen LogP contribution in [0.25, 0.3) is 0 Å². The third-order valence-corrected chi connectivity index (χ3v) is 5.01. The third kappa shape index (κ3) is 3.88. The molecule has 0 aromatic heterocycles. The minimum absolute atomic E-state index is 0.210. The van der Waals surface area contributed by atoms with Gasteiger partial charge in [-0.25, -0.2) is 0 Å². The molecule has 1 aliphatic rings. The number of halogens is 6. The van der Waals surface area contributed by atoms with E-state index in [2.05, 4.69) is 4.99 Å². The van der Waals surface area contributed by atoms with Crippen LogP contribution in [0.15, 0.2) is 59.2 Å². The minimum atomic E-state index is -5.13. The SMILES string of the molecule is CN1C(=CC=Nc2ccc(C(F)(F)F)c(C(F)(F)F)c2)C(C)(C)c2ccccc21. The summed E-state index contributed by atoms with van der Waals surface area (Å²) in [6.07, 6.45) is -7.27. The summed E-state index contributed by atoms with van der Waals surface area (Å²) in [6.45, 7) is 4.02. The average Bonchev–Trinajstić information content (AvgIpc) is 2.81. The number of hydrogen-bond donors (Lipinski definition) is 0. The highest BCUT2D eigenvalue weighted by Crippen LogP contribution is 2.46. The highest BCUT2D eigenvalue weighted by Gasteiger charge is 2.43. The van der Waals surface area contributed by atoms with Gasteiger partial charge in [-0.2, -0.15) is 26.3 Å². The molecule has 1 heterocycles.